The van der Waals surface area contributed by atoms with Crippen LogP contribution < -0.4 is 15.5 Å². The van der Waals surface area contributed by atoms with Gasteiger partial charge in [0, 0.05) is 25.2 Å². The molecule has 18 heavy (non-hydrogen) atoms. The minimum atomic E-state index is 0.428. The van der Waals surface area contributed by atoms with Crippen LogP contribution in [-0.2, 0) is 4.79 Å². The maximum absolute atomic E-state index is 10.7. The van der Waals surface area contributed by atoms with Crippen LogP contribution in [0.3, 0.4) is 0 Å². The van der Waals surface area contributed by atoms with Gasteiger partial charge in [0.15, 0.2) is 0 Å². The lowest BCUT2D eigenvalue weighted by Crippen LogP contribution is -2.44. The van der Waals surface area contributed by atoms with Crippen molar-refractivity contribution in [2.45, 2.75) is 18.5 Å². The number of fused-ring (bicyclic) bond motifs is 2. The molecule has 2 fully saturated rings. The molecule has 2 heterocycles. The summed E-state index contributed by atoms with van der Waals surface area (Å²) in [7, 11) is 0. The number of benzene rings is 1. The first-order chi connectivity index (χ1) is 8.83. The first-order valence-electron chi connectivity index (χ1n) is 6.07. The summed E-state index contributed by atoms with van der Waals surface area (Å²) in [5, 5.41) is 15.4. The third kappa shape index (κ3) is 1.62. The van der Waals surface area contributed by atoms with Gasteiger partial charge in [0.25, 0.3) is 0 Å². The number of amides is 1. The van der Waals surface area contributed by atoms with Crippen molar-refractivity contribution in [3.05, 3.63) is 23.8 Å². The Morgan fingerprint density at radius 1 is 1.56 bits per heavy atom. The summed E-state index contributed by atoms with van der Waals surface area (Å²) >= 11 is 0. The average Bonchev–Trinajstić information content (AvgIpc) is 3.01. The molecule has 5 nitrogen and oxygen atoms in total. The molecule has 1 amide bonds. The van der Waals surface area contributed by atoms with E-state index in [1.165, 1.54) is 0 Å². The van der Waals surface area contributed by atoms with Crippen molar-refractivity contribution in [1.82, 2.24) is 5.32 Å². The van der Waals surface area contributed by atoms with E-state index >= 15 is 0 Å². The molecule has 0 aromatic heterocycles. The largest absolute Gasteiger partial charge is 0.363 e. The predicted molar refractivity (Wildman–Crippen MR) is 68.4 cm³/mol. The van der Waals surface area contributed by atoms with E-state index in [1.807, 2.05) is 6.07 Å². The maximum Gasteiger partial charge on any atom is 0.211 e. The number of anilines is 2. The van der Waals surface area contributed by atoms with Crippen molar-refractivity contribution in [2.24, 2.45) is 0 Å². The zero-order valence-electron chi connectivity index (χ0n) is 9.89. The molecule has 5 heteroatoms. The fourth-order valence-corrected chi connectivity index (χ4v) is 2.96. The number of hydrogen-bond acceptors (Lipinski definition) is 4. The highest BCUT2D eigenvalue weighted by molar-refractivity contribution is 5.85. The van der Waals surface area contributed by atoms with Gasteiger partial charge < -0.3 is 15.5 Å². The highest BCUT2D eigenvalue weighted by atomic mass is 16.1. The molecular formula is C13H14N4O. The third-order valence-electron chi connectivity index (χ3n) is 3.71. The summed E-state index contributed by atoms with van der Waals surface area (Å²) in [6.45, 7) is 1.85. The van der Waals surface area contributed by atoms with Crippen molar-refractivity contribution in [1.29, 1.82) is 5.26 Å². The molecule has 2 N–H and O–H groups in total. The Morgan fingerprint density at radius 3 is 3.06 bits per heavy atom. The second kappa shape index (κ2) is 4.31. The number of nitrogens with zero attached hydrogens (tertiary/aromatic N) is 2. The van der Waals surface area contributed by atoms with Crippen molar-refractivity contribution >= 4 is 17.8 Å². The van der Waals surface area contributed by atoms with E-state index in [2.05, 4.69) is 21.6 Å². The molecular weight excluding hydrogens is 228 g/mol. The van der Waals surface area contributed by atoms with Crippen LogP contribution in [0, 0.1) is 11.3 Å². The number of piperazine rings is 1. The summed E-state index contributed by atoms with van der Waals surface area (Å²) in [5.41, 5.74) is 2.20. The van der Waals surface area contributed by atoms with Gasteiger partial charge in [-0.1, -0.05) is 6.07 Å². The minimum Gasteiger partial charge on any atom is -0.363 e. The molecule has 0 aliphatic carbocycles. The molecule has 1 aromatic carbocycles. The Kier molecular flexibility index (Phi) is 2.65. The van der Waals surface area contributed by atoms with E-state index in [0.29, 0.717) is 24.1 Å². The Morgan fingerprint density at radius 2 is 2.44 bits per heavy atom. The molecule has 2 atom stereocenters. The zero-order valence-corrected chi connectivity index (χ0v) is 9.89. The number of nitriles is 1. The lowest BCUT2D eigenvalue weighted by atomic mass is 10.1. The maximum atomic E-state index is 10.7. The number of nitrogens with one attached hydrogen (secondary N) is 2. The van der Waals surface area contributed by atoms with Gasteiger partial charge in [-0.15, -0.1) is 0 Å². The summed E-state index contributed by atoms with van der Waals surface area (Å²) in [6.07, 6.45) is 1.77. The van der Waals surface area contributed by atoms with Crippen LogP contribution in [0.1, 0.15) is 12.0 Å². The van der Waals surface area contributed by atoms with Crippen molar-refractivity contribution in [3.8, 4) is 6.07 Å². The molecule has 2 bridgehead atoms. The van der Waals surface area contributed by atoms with Crippen LogP contribution in [0.25, 0.3) is 0 Å². The molecule has 0 saturated carbocycles. The van der Waals surface area contributed by atoms with E-state index in [0.717, 1.165) is 30.9 Å². The number of carbonyl (C=O) groups is 1. The van der Waals surface area contributed by atoms with Crippen molar-refractivity contribution in [2.75, 3.05) is 23.3 Å². The zero-order chi connectivity index (χ0) is 12.5. The van der Waals surface area contributed by atoms with Gasteiger partial charge in [-0.25, -0.2) is 0 Å². The normalized spacial score (nSPS) is 24.9. The van der Waals surface area contributed by atoms with Crippen molar-refractivity contribution in [3.63, 3.8) is 0 Å². The quantitative estimate of drug-likeness (QED) is 0.765. The molecule has 2 aliphatic rings. The SMILES string of the molecule is N#Cc1cccc(NC=O)c1N1CC2CC1CN2. The third-order valence-corrected chi connectivity index (χ3v) is 3.71. The molecule has 3 rings (SSSR count). The second-order valence-electron chi connectivity index (χ2n) is 4.72. The van der Waals surface area contributed by atoms with Crippen LogP contribution in [0.15, 0.2) is 18.2 Å². The fraction of sp³-hybridized carbons (Fsp3) is 0.385. The van der Waals surface area contributed by atoms with E-state index in [9.17, 15) is 10.1 Å². The topological polar surface area (TPSA) is 68.2 Å². The van der Waals surface area contributed by atoms with E-state index < -0.39 is 0 Å². The lowest BCUT2D eigenvalue weighted by Gasteiger charge is -2.31. The molecule has 2 saturated heterocycles. The van der Waals surface area contributed by atoms with Gasteiger partial charge in [0.1, 0.15) is 6.07 Å². The van der Waals surface area contributed by atoms with Crippen LogP contribution in [0.4, 0.5) is 11.4 Å². The number of hydrogen-bond donors (Lipinski definition) is 2. The standard InChI is InChI=1S/C13H14N4O/c14-5-9-2-1-3-12(16-8-18)13(9)17-7-10-4-11(17)6-15-10/h1-3,8,10-11,15H,4,6-7H2,(H,16,18). The van der Waals surface area contributed by atoms with E-state index in [1.54, 1.807) is 12.1 Å². The highest BCUT2D eigenvalue weighted by Crippen LogP contribution is 2.36. The first-order valence-corrected chi connectivity index (χ1v) is 6.07. The van der Waals surface area contributed by atoms with Crippen LogP contribution in [0.2, 0.25) is 0 Å². The molecule has 1 aromatic rings. The van der Waals surface area contributed by atoms with Gasteiger partial charge >= 0.3 is 0 Å². The second-order valence-corrected chi connectivity index (χ2v) is 4.72. The van der Waals surface area contributed by atoms with Crippen LogP contribution >= 0.6 is 0 Å². The Hall–Kier alpha value is -2.06. The molecule has 2 unspecified atom stereocenters. The van der Waals surface area contributed by atoms with Gasteiger partial charge in [-0.3, -0.25) is 4.79 Å². The number of rotatable bonds is 3. The smallest absolute Gasteiger partial charge is 0.211 e. The average molecular weight is 242 g/mol. The fourth-order valence-electron chi connectivity index (χ4n) is 2.96. The Labute approximate surface area is 105 Å². The summed E-state index contributed by atoms with van der Waals surface area (Å²) in [4.78, 5) is 12.9. The molecule has 0 spiro atoms. The number of para-hydroxylation sites is 1. The van der Waals surface area contributed by atoms with Crippen LogP contribution in [0.5, 0.6) is 0 Å². The first kappa shape index (κ1) is 11.1. The van der Waals surface area contributed by atoms with Gasteiger partial charge in [-0.05, 0) is 18.6 Å². The van der Waals surface area contributed by atoms with Gasteiger partial charge in [-0.2, -0.15) is 5.26 Å². The summed E-state index contributed by atoms with van der Waals surface area (Å²) in [6, 6.07) is 8.57. The lowest BCUT2D eigenvalue weighted by molar-refractivity contribution is -0.105. The minimum absolute atomic E-state index is 0.428. The monoisotopic (exact) mass is 242 g/mol. The van der Waals surface area contributed by atoms with Crippen molar-refractivity contribution < 1.29 is 4.79 Å². The summed E-state index contributed by atoms with van der Waals surface area (Å²) in [5.74, 6) is 0. The van der Waals surface area contributed by atoms with Gasteiger partial charge in [0.05, 0.1) is 16.9 Å². The Balaban J connectivity index is 2.04. The summed E-state index contributed by atoms with van der Waals surface area (Å²) < 4.78 is 0. The van der Waals surface area contributed by atoms with E-state index in [-0.39, 0.29) is 0 Å². The number of carbonyl (C=O) groups excluding carboxylic acids is 1. The predicted octanol–water partition coefficient (Wildman–Crippen LogP) is 0.677. The molecule has 2 aliphatic heterocycles. The van der Waals surface area contributed by atoms with E-state index in [4.69, 9.17) is 0 Å². The highest BCUT2D eigenvalue weighted by Gasteiger charge is 2.39. The Bertz CT molecular complexity index is 522. The molecule has 0 radical (unpaired) electrons. The molecule has 92 valence electrons. The van der Waals surface area contributed by atoms with Gasteiger partial charge in [0.2, 0.25) is 6.41 Å². The van der Waals surface area contributed by atoms with Crippen LogP contribution in [-0.4, -0.2) is 31.6 Å².